The Balaban J connectivity index is 0.00000368. The van der Waals surface area contributed by atoms with Crippen molar-refractivity contribution in [3.8, 4) is 0 Å². The summed E-state index contributed by atoms with van der Waals surface area (Å²) in [6.07, 6.45) is 7.43. The fourth-order valence-electron chi connectivity index (χ4n) is 4.89. The summed E-state index contributed by atoms with van der Waals surface area (Å²) in [6.45, 7) is 5.92. The molecule has 0 aliphatic heterocycles. The van der Waals surface area contributed by atoms with Crippen LogP contribution in [0.1, 0.15) is 32.4 Å². The first-order valence-electron chi connectivity index (χ1n) is 15.4. The van der Waals surface area contributed by atoms with Gasteiger partial charge in [-0.05, 0) is 35.1 Å². The van der Waals surface area contributed by atoms with Gasteiger partial charge in [0.05, 0.1) is 0 Å². The van der Waals surface area contributed by atoms with Crippen LogP contribution in [0.2, 0.25) is 0 Å². The summed E-state index contributed by atoms with van der Waals surface area (Å²) in [7, 11) is 0. The van der Waals surface area contributed by atoms with E-state index in [0.29, 0.717) is 32.8 Å². The van der Waals surface area contributed by atoms with Crippen molar-refractivity contribution in [1.29, 1.82) is 0 Å². The van der Waals surface area contributed by atoms with E-state index in [9.17, 15) is 9.59 Å². The van der Waals surface area contributed by atoms with E-state index in [0.717, 1.165) is 50.2 Å². The maximum absolute atomic E-state index is 12.3. The lowest BCUT2D eigenvalue weighted by Crippen LogP contribution is -2.41. The highest BCUT2D eigenvalue weighted by Crippen LogP contribution is 2.10. The van der Waals surface area contributed by atoms with Crippen molar-refractivity contribution in [3.63, 3.8) is 0 Å². The third-order valence-electron chi connectivity index (χ3n) is 7.28. The van der Waals surface area contributed by atoms with E-state index < -0.39 is 12.2 Å². The Bertz CT molecular complexity index is 1330. The van der Waals surface area contributed by atoms with E-state index in [4.69, 9.17) is 9.47 Å². The second-order valence-corrected chi connectivity index (χ2v) is 10.8. The number of nitrogens with one attached hydrogen (secondary N) is 2. The fourth-order valence-corrected chi connectivity index (χ4v) is 4.89. The third-order valence-corrected chi connectivity index (χ3v) is 7.28. The molecule has 0 fully saturated rings. The van der Waals surface area contributed by atoms with E-state index in [1.165, 1.54) is 11.1 Å². The molecule has 44 heavy (non-hydrogen) atoms. The number of nitrogens with zero attached hydrogens (tertiary/aromatic N) is 2. The van der Waals surface area contributed by atoms with Crippen molar-refractivity contribution in [2.45, 2.75) is 32.5 Å². The van der Waals surface area contributed by atoms with Crippen molar-refractivity contribution in [3.05, 3.63) is 131 Å². The molecule has 3 aromatic rings. The zero-order valence-corrected chi connectivity index (χ0v) is 25.4. The van der Waals surface area contributed by atoms with Gasteiger partial charge in [-0.1, -0.05) is 109 Å². The standard InChI is InChI=1S/C36H44N4O4.2H2/c41-35(43-29-33-17-9-3-10-18-33)37-21-23-39(27-31-13-5-1-6-14-31)25-26-40(28-32-15-7-2-8-16-32)24-22-38-36(42)44-30-34-19-11-4-12-20-34;;/h1-3,5-11,13-20H,4,12,21-30H2,(H,37,41)(H,38,42);2*1H. The first-order valence-corrected chi connectivity index (χ1v) is 15.4. The van der Waals surface area contributed by atoms with E-state index in [1.807, 2.05) is 72.8 Å². The summed E-state index contributed by atoms with van der Waals surface area (Å²) < 4.78 is 10.8. The van der Waals surface area contributed by atoms with E-state index >= 15 is 0 Å². The normalized spacial score (nSPS) is 12.5. The number of hydrogen-bond donors (Lipinski definition) is 2. The number of hydrogen-bond acceptors (Lipinski definition) is 6. The van der Waals surface area contributed by atoms with Crippen LogP contribution < -0.4 is 10.6 Å². The lowest BCUT2D eigenvalue weighted by Gasteiger charge is -2.28. The summed E-state index contributed by atoms with van der Waals surface area (Å²) >= 11 is 0. The van der Waals surface area contributed by atoms with E-state index in [1.54, 1.807) is 0 Å². The number of alkyl carbamates (subject to hydrolysis) is 2. The molecule has 1 aliphatic rings. The van der Waals surface area contributed by atoms with Crippen molar-refractivity contribution in [2.75, 3.05) is 45.9 Å². The average molecular weight is 601 g/mol. The quantitative estimate of drug-likeness (QED) is 0.186. The molecule has 2 amide bonds. The van der Waals surface area contributed by atoms with Crippen molar-refractivity contribution < 1.29 is 21.9 Å². The SMILES string of the molecule is O=C(NCCN(CCN(CCNC(=O)OCc1ccccc1)Cc1ccccc1)Cc1ccccc1)OCC1=CCCC=C1.[HH].[HH]. The molecule has 0 aromatic heterocycles. The Morgan fingerprint density at radius 2 is 1.09 bits per heavy atom. The second kappa shape index (κ2) is 19.0. The fraction of sp³-hybridized carbons (Fsp3) is 0.333. The predicted molar refractivity (Wildman–Crippen MR) is 178 cm³/mol. The monoisotopic (exact) mass is 600 g/mol. The Labute approximate surface area is 264 Å². The lowest BCUT2D eigenvalue weighted by molar-refractivity contribution is 0.136. The molecule has 3 aromatic carbocycles. The number of carbonyl (C=O) groups excluding carboxylic acids is 2. The molecule has 0 bridgehead atoms. The zero-order valence-electron chi connectivity index (χ0n) is 25.4. The number of carbonyl (C=O) groups is 2. The summed E-state index contributed by atoms with van der Waals surface area (Å²) in [5.41, 5.74) is 4.41. The van der Waals surface area contributed by atoms with Crippen molar-refractivity contribution >= 4 is 12.2 Å². The van der Waals surface area contributed by atoms with Gasteiger partial charge in [0.1, 0.15) is 13.2 Å². The van der Waals surface area contributed by atoms with Gasteiger partial charge in [-0.2, -0.15) is 0 Å². The minimum atomic E-state index is -0.423. The van der Waals surface area contributed by atoms with Gasteiger partial charge in [0.25, 0.3) is 0 Å². The second-order valence-electron chi connectivity index (χ2n) is 10.8. The summed E-state index contributed by atoms with van der Waals surface area (Å²) in [5.74, 6) is 0. The first kappa shape index (κ1) is 32.5. The molecule has 8 heteroatoms. The highest BCUT2D eigenvalue weighted by molar-refractivity contribution is 5.67. The van der Waals surface area contributed by atoms with Gasteiger partial charge in [-0.25, -0.2) is 9.59 Å². The van der Waals surface area contributed by atoms with Crippen LogP contribution in [-0.4, -0.2) is 67.9 Å². The van der Waals surface area contributed by atoms with Gasteiger partial charge in [0, 0.05) is 55.2 Å². The van der Waals surface area contributed by atoms with Gasteiger partial charge in [0.15, 0.2) is 0 Å². The van der Waals surface area contributed by atoms with Crippen LogP contribution in [0.5, 0.6) is 0 Å². The smallest absolute Gasteiger partial charge is 0.407 e. The molecule has 0 saturated carbocycles. The van der Waals surface area contributed by atoms with Gasteiger partial charge in [-0.15, -0.1) is 0 Å². The zero-order chi connectivity index (χ0) is 30.7. The molecule has 1 aliphatic carbocycles. The van der Waals surface area contributed by atoms with Gasteiger partial charge in [-0.3, -0.25) is 9.80 Å². The lowest BCUT2D eigenvalue weighted by atomic mass is 10.1. The molecular weight excluding hydrogens is 552 g/mol. The highest BCUT2D eigenvalue weighted by atomic mass is 16.6. The number of amides is 2. The average Bonchev–Trinajstić information content (AvgIpc) is 3.07. The van der Waals surface area contributed by atoms with Gasteiger partial charge < -0.3 is 20.1 Å². The Morgan fingerprint density at radius 3 is 1.57 bits per heavy atom. The minimum absolute atomic E-state index is 0. The van der Waals surface area contributed by atoms with Crippen LogP contribution in [0.15, 0.2) is 115 Å². The molecule has 0 atom stereocenters. The molecular formula is C36H48N4O4. The number of benzene rings is 3. The molecule has 0 radical (unpaired) electrons. The molecule has 0 spiro atoms. The molecule has 0 saturated heterocycles. The predicted octanol–water partition coefficient (Wildman–Crippen LogP) is 6.41. The van der Waals surface area contributed by atoms with Gasteiger partial charge in [0.2, 0.25) is 0 Å². The molecule has 236 valence electrons. The molecule has 0 heterocycles. The van der Waals surface area contributed by atoms with Crippen molar-refractivity contribution in [2.24, 2.45) is 0 Å². The maximum atomic E-state index is 12.3. The first-order chi connectivity index (χ1) is 21.6. The van der Waals surface area contributed by atoms with Crippen LogP contribution >= 0.6 is 0 Å². The van der Waals surface area contributed by atoms with Crippen molar-refractivity contribution in [1.82, 2.24) is 20.4 Å². The summed E-state index contributed by atoms with van der Waals surface area (Å²) in [6, 6.07) is 30.3. The molecule has 4 rings (SSSR count). The number of ether oxygens (including phenoxy) is 2. The Morgan fingerprint density at radius 1 is 0.614 bits per heavy atom. The Hall–Kier alpha value is -4.40. The third kappa shape index (κ3) is 12.9. The van der Waals surface area contributed by atoms with Crippen LogP contribution in [-0.2, 0) is 29.2 Å². The van der Waals surface area contributed by atoms with Gasteiger partial charge >= 0.3 is 12.2 Å². The highest BCUT2D eigenvalue weighted by Gasteiger charge is 2.13. The summed E-state index contributed by atoms with van der Waals surface area (Å²) in [4.78, 5) is 29.3. The maximum Gasteiger partial charge on any atom is 0.407 e. The number of rotatable bonds is 17. The van der Waals surface area contributed by atoms with E-state index in [2.05, 4.69) is 56.9 Å². The number of allylic oxidation sites excluding steroid dienone is 2. The topological polar surface area (TPSA) is 83.1 Å². The van der Waals surface area contributed by atoms with Crippen LogP contribution in [0.3, 0.4) is 0 Å². The molecule has 2 N–H and O–H groups in total. The largest absolute Gasteiger partial charge is 0.445 e. The Kier molecular flexibility index (Phi) is 14.0. The van der Waals surface area contributed by atoms with Crippen LogP contribution in [0.4, 0.5) is 9.59 Å². The van der Waals surface area contributed by atoms with Crippen LogP contribution in [0.25, 0.3) is 0 Å². The van der Waals surface area contributed by atoms with Crippen LogP contribution in [0, 0.1) is 0 Å². The minimum Gasteiger partial charge on any atom is -0.445 e. The van der Waals surface area contributed by atoms with E-state index in [-0.39, 0.29) is 9.46 Å². The molecule has 0 unspecified atom stereocenters. The molecule has 8 nitrogen and oxygen atoms in total. The summed E-state index contributed by atoms with van der Waals surface area (Å²) in [5, 5.41) is 5.80.